The van der Waals surface area contributed by atoms with Crippen LogP contribution in [0.4, 0.5) is 11.4 Å². The van der Waals surface area contributed by atoms with Crippen molar-refractivity contribution in [2.24, 2.45) is 0 Å². The SMILES string of the molecule is CC(=O)N(CCC(=O)Nc1c(Cl)cccc1Cl)c1ccccc1C#N. The molecule has 2 aromatic rings. The van der Waals surface area contributed by atoms with Crippen LogP contribution in [-0.2, 0) is 9.59 Å². The number of nitrogens with zero attached hydrogens (tertiary/aromatic N) is 2. The molecule has 0 bridgehead atoms. The van der Waals surface area contributed by atoms with Crippen LogP contribution in [0.2, 0.25) is 10.0 Å². The van der Waals surface area contributed by atoms with E-state index in [1.165, 1.54) is 11.8 Å². The summed E-state index contributed by atoms with van der Waals surface area (Å²) in [4.78, 5) is 25.5. The van der Waals surface area contributed by atoms with Gasteiger partial charge in [0.05, 0.1) is 27.0 Å². The summed E-state index contributed by atoms with van der Waals surface area (Å²) in [5, 5.41) is 12.5. The molecule has 0 radical (unpaired) electrons. The second-order valence-corrected chi connectivity index (χ2v) is 6.01. The number of carbonyl (C=O) groups excluding carboxylic acids is 2. The monoisotopic (exact) mass is 375 g/mol. The largest absolute Gasteiger partial charge is 0.323 e. The molecule has 5 nitrogen and oxygen atoms in total. The van der Waals surface area contributed by atoms with Crippen LogP contribution in [0, 0.1) is 11.3 Å². The molecule has 0 atom stereocenters. The molecule has 0 aliphatic heterocycles. The van der Waals surface area contributed by atoms with Gasteiger partial charge in [0.2, 0.25) is 11.8 Å². The Morgan fingerprint density at radius 2 is 1.76 bits per heavy atom. The molecule has 1 N–H and O–H groups in total. The van der Waals surface area contributed by atoms with E-state index >= 15 is 0 Å². The summed E-state index contributed by atoms with van der Waals surface area (Å²) in [6, 6.07) is 13.7. The third kappa shape index (κ3) is 4.72. The van der Waals surface area contributed by atoms with Crippen molar-refractivity contribution in [3.05, 3.63) is 58.1 Å². The van der Waals surface area contributed by atoms with Crippen molar-refractivity contribution in [2.45, 2.75) is 13.3 Å². The highest BCUT2D eigenvalue weighted by molar-refractivity contribution is 6.39. The Labute approximate surface area is 155 Å². The number of rotatable bonds is 5. The quantitative estimate of drug-likeness (QED) is 0.848. The fourth-order valence-corrected chi connectivity index (χ4v) is 2.78. The summed E-state index contributed by atoms with van der Waals surface area (Å²) < 4.78 is 0. The van der Waals surface area contributed by atoms with Gasteiger partial charge in [-0.15, -0.1) is 0 Å². The molecule has 0 unspecified atom stereocenters. The molecule has 128 valence electrons. The lowest BCUT2D eigenvalue weighted by molar-refractivity contribution is -0.117. The van der Waals surface area contributed by atoms with Gasteiger partial charge in [-0.2, -0.15) is 5.26 Å². The van der Waals surface area contributed by atoms with Crippen LogP contribution in [-0.4, -0.2) is 18.4 Å². The minimum absolute atomic E-state index is 0.0287. The molecule has 0 aliphatic carbocycles. The molecular formula is C18H15Cl2N3O2. The topological polar surface area (TPSA) is 73.2 Å². The number of benzene rings is 2. The van der Waals surface area contributed by atoms with E-state index in [0.717, 1.165) is 0 Å². The molecular weight excluding hydrogens is 361 g/mol. The smallest absolute Gasteiger partial charge is 0.226 e. The van der Waals surface area contributed by atoms with Crippen LogP contribution in [0.15, 0.2) is 42.5 Å². The summed E-state index contributed by atoms with van der Waals surface area (Å²) in [7, 11) is 0. The number of halogens is 2. The zero-order valence-corrected chi connectivity index (χ0v) is 14.9. The highest BCUT2D eigenvalue weighted by atomic mass is 35.5. The molecule has 25 heavy (non-hydrogen) atoms. The van der Waals surface area contributed by atoms with Crippen molar-refractivity contribution < 1.29 is 9.59 Å². The van der Waals surface area contributed by atoms with Crippen molar-refractivity contribution in [2.75, 3.05) is 16.8 Å². The van der Waals surface area contributed by atoms with Crippen LogP contribution >= 0.6 is 23.2 Å². The van der Waals surface area contributed by atoms with E-state index in [4.69, 9.17) is 23.2 Å². The van der Waals surface area contributed by atoms with Gasteiger partial charge >= 0.3 is 0 Å². The van der Waals surface area contributed by atoms with Crippen LogP contribution in [0.5, 0.6) is 0 Å². The first-order chi connectivity index (χ1) is 11.9. The van der Waals surface area contributed by atoms with Crippen LogP contribution in [0.25, 0.3) is 0 Å². The number of amides is 2. The van der Waals surface area contributed by atoms with Crippen LogP contribution in [0.3, 0.4) is 0 Å². The third-order valence-electron chi connectivity index (χ3n) is 3.49. The highest BCUT2D eigenvalue weighted by Crippen LogP contribution is 2.30. The first-order valence-corrected chi connectivity index (χ1v) is 8.20. The van der Waals surface area contributed by atoms with E-state index in [1.54, 1.807) is 42.5 Å². The molecule has 2 rings (SSSR count). The lowest BCUT2D eigenvalue weighted by atomic mass is 10.1. The number of anilines is 2. The minimum Gasteiger partial charge on any atom is -0.323 e. The van der Waals surface area contributed by atoms with Gasteiger partial charge in [0.15, 0.2) is 0 Å². The molecule has 0 fully saturated rings. The van der Waals surface area contributed by atoms with Crippen molar-refractivity contribution in [3.8, 4) is 6.07 Å². The van der Waals surface area contributed by atoms with Gasteiger partial charge in [-0.25, -0.2) is 0 Å². The van der Waals surface area contributed by atoms with Gasteiger partial charge in [-0.05, 0) is 24.3 Å². The fourth-order valence-electron chi connectivity index (χ4n) is 2.28. The van der Waals surface area contributed by atoms with Gasteiger partial charge in [-0.3, -0.25) is 9.59 Å². The van der Waals surface area contributed by atoms with E-state index in [-0.39, 0.29) is 24.8 Å². The summed E-state index contributed by atoms with van der Waals surface area (Å²) in [6.07, 6.45) is 0.0287. The average molecular weight is 376 g/mol. The Balaban J connectivity index is 2.10. The summed E-state index contributed by atoms with van der Waals surface area (Å²) in [6.45, 7) is 1.51. The number of carbonyl (C=O) groups is 2. The second-order valence-electron chi connectivity index (χ2n) is 5.19. The minimum atomic E-state index is -0.337. The van der Waals surface area contributed by atoms with Crippen molar-refractivity contribution in [3.63, 3.8) is 0 Å². The second kappa shape index (κ2) is 8.52. The van der Waals surface area contributed by atoms with E-state index in [0.29, 0.717) is 27.0 Å². The Morgan fingerprint density at radius 3 is 2.36 bits per heavy atom. The fraction of sp³-hybridized carbons (Fsp3) is 0.167. The predicted octanol–water partition coefficient (Wildman–Crippen LogP) is 4.25. The summed E-state index contributed by atoms with van der Waals surface area (Å²) >= 11 is 12.0. The molecule has 2 aromatic carbocycles. The molecule has 0 spiro atoms. The number of para-hydroxylation sites is 2. The van der Waals surface area contributed by atoms with E-state index < -0.39 is 0 Å². The Morgan fingerprint density at radius 1 is 1.12 bits per heavy atom. The van der Waals surface area contributed by atoms with Crippen molar-refractivity contribution >= 4 is 46.4 Å². The van der Waals surface area contributed by atoms with Crippen molar-refractivity contribution in [1.29, 1.82) is 5.26 Å². The first-order valence-electron chi connectivity index (χ1n) is 7.45. The van der Waals surface area contributed by atoms with Gasteiger partial charge in [-0.1, -0.05) is 41.4 Å². The maximum atomic E-state index is 12.2. The normalized spacial score (nSPS) is 10.0. The Kier molecular flexibility index (Phi) is 6.40. The molecule has 7 heteroatoms. The molecule has 0 aromatic heterocycles. The maximum Gasteiger partial charge on any atom is 0.226 e. The first kappa shape index (κ1) is 18.8. The lowest BCUT2D eigenvalue weighted by Gasteiger charge is -2.22. The highest BCUT2D eigenvalue weighted by Gasteiger charge is 2.17. The third-order valence-corrected chi connectivity index (χ3v) is 4.12. The molecule has 0 saturated heterocycles. The zero-order chi connectivity index (χ0) is 18.4. The molecule has 0 aliphatic rings. The number of nitriles is 1. The van der Waals surface area contributed by atoms with E-state index in [1.807, 2.05) is 6.07 Å². The molecule has 2 amide bonds. The zero-order valence-electron chi connectivity index (χ0n) is 13.4. The van der Waals surface area contributed by atoms with Crippen LogP contribution in [0.1, 0.15) is 18.9 Å². The lowest BCUT2D eigenvalue weighted by Crippen LogP contribution is -2.32. The van der Waals surface area contributed by atoms with Crippen molar-refractivity contribution in [1.82, 2.24) is 0 Å². The van der Waals surface area contributed by atoms with Gasteiger partial charge in [0.25, 0.3) is 0 Å². The summed E-state index contributed by atoms with van der Waals surface area (Å²) in [5.41, 5.74) is 1.18. The number of nitrogens with one attached hydrogen (secondary N) is 1. The van der Waals surface area contributed by atoms with E-state index in [2.05, 4.69) is 5.32 Å². The van der Waals surface area contributed by atoms with E-state index in [9.17, 15) is 14.9 Å². The predicted molar refractivity (Wildman–Crippen MR) is 98.9 cm³/mol. The molecule has 0 heterocycles. The summed E-state index contributed by atoms with van der Waals surface area (Å²) in [5.74, 6) is -0.595. The van der Waals surface area contributed by atoms with Gasteiger partial charge in [0, 0.05) is 19.9 Å². The number of hydrogen-bond donors (Lipinski definition) is 1. The standard InChI is InChI=1S/C18H15Cl2N3O2/c1-12(24)23(16-8-3-2-5-13(16)11-21)10-9-17(25)22-18-14(19)6-4-7-15(18)20/h2-8H,9-10H2,1H3,(H,22,25). The number of hydrogen-bond acceptors (Lipinski definition) is 3. The Hall–Kier alpha value is -2.55. The van der Waals surface area contributed by atoms with Gasteiger partial charge in [0.1, 0.15) is 6.07 Å². The molecule has 0 saturated carbocycles. The van der Waals surface area contributed by atoms with Gasteiger partial charge < -0.3 is 10.2 Å². The average Bonchev–Trinajstić information content (AvgIpc) is 2.58. The maximum absolute atomic E-state index is 12.2. The van der Waals surface area contributed by atoms with Crippen LogP contribution < -0.4 is 10.2 Å². The Bertz CT molecular complexity index is 826.